The van der Waals surface area contributed by atoms with E-state index in [2.05, 4.69) is 16.2 Å². The van der Waals surface area contributed by atoms with Crippen molar-refractivity contribution in [1.82, 2.24) is 19.7 Å². The summed E-state index contributed by atoms with van der Waals surface area (Å²) in [5, 5.41) is 24.1. The van der Waals surface area contributed by atoms with Crippen LogP contribution in [0.1, 0.15) is 57.1 Å². The van der Waals surface area contributed by atoms with E-state index in [1.807, 2.05) is 20.8 Å². The van der Waals surface area contributed by atoms with Gasteiger partial charge in [0.25, 0.3) is 5.91 Å². The molecule has 208 valence electrons. The zero-order valence-electron chi connectivity index (χ0n) is 22.4. The summed E-state index contributed by atoms with van der Waals surface area (Å²) in [5.41, 5.74) is 6.04. The number of carbonyl (C=O) groups is 1. The molecule has 3 N–H and O–H groups in total. The summed E-state index contributed by atoms with van der Waals surface area (Å²) in [7, 11) is 0. The van der Waals surface area contributed by atoms with Gasteiger partial charge >= 0.3 is 0 Å². The molecule has 2 aromatic carbocycles. The Balaban J connectivity index is 2.24. The Kier molecular flexibility index (Phi) is 9.48. The first kappa shape index (κ1) is 29.8. The molecule has 3 aromatic rings. The number of hydrogen-bond donors (Lipinski definition) is 2. The van der Waals surface area contributed by atoms with Gasteiger partial charge in [-0.15, -0.1) is 0 Å². The lowest BCUT2D eigenvalue weighted by molar-refractivity contribution is -0.145. The van der Waals surface area contributed by atoms with Crippen LogP contribution < -0.4 is 5.73 Å². The molecule has 0 saturated carbocycles. The average Bonchev–Trinajstić information content (AvgIpc) is 3.28. The Morgan fingerprint density at radius 2 is 1.95 bits per heavy atom. The maximum absolute atomic E-state index is 14.8. The molecule has 1 aromatic heterocycles. The molecule has 0 unspecified atom stereocenters. The van der Waals surface area contributed by atoms with Gasteiger partial charge in [-0.05, 0) is 54.7 Å². The maximum atomic E-state index is 14.8. The Morgan fingerprint density at radius 1 is 1.23 bits per heavy atom. The number of hydrogen-bond acceptors (Lipinski definition) is 6. The van der Waals surface area contributed by atoms with E-state index in [4.69, 9.17) is 5.73 Å². The third kappa shape index (κ3) is 7.22. The smallest absolute Gasteiger partial charge is 0.251 e. The maximum Gasteiger partial charge on any atom is 0.251 e. The second kappa shape index (κ2) is 12.4. The number of alkyl halides is 1. The molecular weight excluding hydrogens is 509 g/mol. The van der Waals surface area contributed by atoms with Gasteiger partial charge in [0.2, 0.25) is 0 Å². The van der Waals surface area contributed by atoms with Gasteiger partial charge in [0, 0.05) is 12.6 Å². The topological polar surface area (TPSA) is 121 Å². The Morgan fingerprint density at radius 3 is 2.56 bits per heavy atom. The van der Waals surface area contributed by atoms with Crippen LogP contribution in [0.5, 0.6) is 0 Å². The normalized spacial score (nSPS) is 13.9. The lowest BCUT2D eigenvalue weighted by Crippen LogP contribution is -2.47. The molecule has 8 nitrogen and oxygen atoms in total. The zero-order chi connectivity index (χ0) is 28.9. The van der Waals surface area contributed by atoms with Crippen LogP contribution in [0.4, 0.5) is 13.2 Å². The predicted octanol–water partition coefficient (Wildman–Crippen LogP) is 4.13. The first-order valence-electron chi connectivity index (χ1n) is 12.5. The van der Waals surface area contributed by atoms with Crippen molar-refractivity contribution < 1.29 is 23.1 Å². The van der Waals surface area contributed by atoms with Gasteiger partial charge in [0.05, 0.1) is 29.8 Å². The van der Waals surface area contributed by atoms with Crippen LogP contribution in [0, 0.1) is 28.4 Å². The van der Waals surface area contributed by atoms with E-state index < -0.39 is 47.8 Å². The molecule has 0 bridgehead atoms. The van der Waals surface area contributed by atoms with Crippen molar-refractivity contribution in [2.75, 3.05) is 13.2 Å². The van der Waals surface area contributed by atoms with E-state index in [1.165, 1.54) is 16.5 Å². The third-order valence-corrected chi connectivity index (χ3v) is 6.21. The molecule has 0 spiro atoms. The van der Waals surface area contributed by atoms with Gasteiger partial charge < -0.3 is 15.7 Å². The number of aliphatic hydroxyl groups is 1. The van der Waals surface area contributed by atoms with Gasteiger partial charge in [-0.25, -0.2) is 22.8 Å². The highest BCUT2D eigenvalue weighted by Crippen LogP contribution is 2.39. The van der Waals surface area contributed by atoms with Crippen LogP contribution in [-0.2, 0) is 11.3 Å². The van der Waals surface area contributed by atoms with Crippen LogP contribution in [0.25, 0.3) is 11.4 Å². The molecule has 0 fully saturated rings. The summed E-state index contributed by atoms with van der Waals surface area (Å²) in [6.07, 6.45) is -1.26. The zero-order valence-corrected chi connectivity index (χ0v) is 22.4. The fraction of sp³-hybridized carbons (Fsp3) is 0.429. The average molecular weight is 543 g/mol. The quantitative estimate of drug-likeness (QED) is 0.398. The SMILES string of the molecule is C[C@H](O)C(=O)N(CC[C@H](N)CF)[C@@H](c1nc(-c2cc(F)ccc2F)nn1Cc1cccc(C#N)c1)C(C)(C)C. The first-order valence-corrected chi connectivity index (χ1v) is 12.5. The lowest BCUT2D eigenvalue weighted by atomic mass is 9.84. The van der Waals surface area contributed by atoms with Crippen molar-refractivity contribution in [2.24, 2.45) is 11.1 Å². The molecule has 0 aliphatic rings. The third-order valence-electron chi connectivity index (χ3n) is 6.21. The number of nitrogens with zero attached hydrogens (tertiary/aromatic N) is 5. The number of aromatic nitrogens is 3. The predicted molar refractivity (Wildman–Crippen MR) is 140 cm³/mol. The summed E-state index contributed by atoms with van der Waals surface area (Å²) in [5.74, 6) is -1.89. The molecule has 11 heteroatoms. The molecule has 39 heavy (non-hydrogen) atoms. The number of halogens is 3. The van der Waals surface area contributed by atoms with Gasteiger partial charge in [0.15, 0.2) is 11.6 Å². The molecule has 1 heterocycles. The highest BCUT2D eigenvalue weighted by molar-refractivity contribution is 5.80. The fourth-order valence-corrected chi connectivity index (χ4v) is 4.35. The molecule has 3 atom stereocenters. The standard InChI is InChI=1S/C28H33F3N6O2/c1-17(38)27(39)36(11-10-21(33)14-29)24(28(2,3)4)26-34-25(22-13-20(30)8-9-23(22)31)35-37(26)16-19-7-5-6-18(12-19)15-32/h5-9,12-13,17,21,24,38H,10-11,14,16,33H2,1-4H3/t17-,21-,24-/m0/s1. The minimum Gasteiger partial charge on any atom is -0.384 e. The van der Waals surface area contributed by atoms with Crippen LogP contribution in [0.15, 0.2) is 42.5 Å². The molecule has 0 aliphatic heterocycles. The molecule has 0 saturated heterocycles. The lowest BCUT2D eigenvalue weighted by Gasteiger charge is -2.40. The highest BCUT2D eigenvalue weighted by atomic mass is 19.1. The summed E-state index contributed by atoms with van der Waals surface area (Å²) < 4.78 is 43.5. The van der Waals surface area contributed by atoms with E-state index in [1.54, 1.807) is 24.3 Å². The van der Waals surface area contributed by atoms with Crippen molar-refractivity contribution in [3.05, 3.63) is 71.1 Å². The van der Waals surface area contributed by atoms with Crippen LogP contribution in [0.3, 0.4) is 0 Å². The van der Waals surface area contributed by atoms with E-state index in [0.29, 0.717) is 11.1 Å². The monoisotopic (exact) mass is 542 g/mol. The number of carbonyl (C=O) groups excluding carboxylic acids is 1. The van der Waals surface area contributed by atoms with Gasteiger partial charge in [-0.1, -0.05) is 32.9 Å². The summed E-state index contributed by atoms with van der Waals surface area (Å²) in [4.78, 5) is 19.3. The molecule has 3 rings (SSSR count). The van der Waals surface area contributed by atoms with Crippen molar-refractivity contribution in [1.29, 1.82) is 5.26 Å². The number of benzene rings is 2. The number of aliphatic hydroxyl groups excluding tert-OH is 1. The minimum atomic E-state index is -1.37. The van der Waals surface area contributed by atoms with Gasteiger partial charge in [-0.2, -0.15) is 10.4 Å². The highest BCUT2D eigenvalue weighted by Gasteiger charge is 2.40. The van der Waals surface area contributed by atoms with E-state index in [-0.39, 0.29) is 36.7 Å². The van der Waals surface area contributed by atoms with Crippen LogP contribution in [0.2, 0.25) is 0 Å². The van der Waals surface area contributed by atoms with Crippen molar-refractivity contribution in [3.63, 3.8) is 0 Å². The van der Waals surface area contributed by atoms with E-state index in [9.17, 15) is 28.3 Å². The van der Waals surface area contributed by atoms with Crippen molar-refractivity contribution in [3.8, 4) is 17.5 Å². The Bertz CT molecular complexity index is 1350. The number of nitriles is 1. The molecule has 1 amide bonds. The van der Waals surface area contributed by atoms with E-state index in [0.717, 1.165) is 18.2 Å². The largest absolute Gasteiger partial charge is 0.384 e. The summed E-state index contributed by atoms with van der Waals surface area (Å²) in [6.45, 7) is 6.22. The van der Waals surface area contributed by atoms with Gasteiger partial charge in [-0.3, -0.25) is 4.79 Å². The van der Waals surface area contributed by atoms with E-state index >= 15 is 0 Å². The first-order chi connectivity index (χ1) is 18.3. The number of nitrogens with two attached hydrogens (primary N) is 1. The van der Waals surface area contributed by atoms with Crippen molar-refractivity contribution >= 4 is 5.91 Å². The second-order valence-corrected chi connectivity index (χ2v) is 10.6. The Hall–Kier alpha value is -3.75. The van der Waals surface area contributed by atoms with Crippen LogP contribution >= 0.6 is 0 Å². The number of amides is 1. The van der Waals surface area contributed by atoms with Crippen molar-refractivity contribution in [2.45, 2.75) is 58.8 Å². The second-order valence-electron chi connectivity index (χ2n) is 10.6. The molecular formula is C28H33F3N6O2. The Labute approximate surface area is 225 Å². The van der Waals surface area contributed by atoms with Crippen LogP contribution in [-0.4, -0.2) is 56.0 Å². The number of rotatable bonds is 10. The molecule has 0 radical (unpaired) electrons. The fourth-order valence-electron chi connectivity index (χ4n) is 4.35. The summed E-state index contributed by atoms with van der Waals surface area (Å²) in [6, 6.07) is 10.2. The molecule has 0 aliphatic carbocycles. The minimum absolute atomic E-state index is 0.0111. The summed E-state index contributed by atoms with van der Waals surface area (Å²) >= 11 is 0. The van der Waals surface area contributed by atoms with Gasteiger partial charge in [0.1, 0.15) is 24.4 Å².